The van der Waals surface area contributed by atoms with Gasteiger partial charge in [-0.05, 0) is 42.5 Å². The second-order valence-electron chi connectivity index (χ2n) is 6.90. The Hall–Kier alpha value is -4.02. The van der Waals surface area contributed by atoms with E-state index in [0.29, 0.717) is 33.4 Å². The van der Waals surface area contributed by atoms with Crippen LogP contribution in [0, 0.1) is 11.3 Å². The second-order valence-corrected chi connectivity index (χ2v) is 7.81. The molecule has 32 heavy (non-hydrogen) atoms. The van der Waals surface area contributed by atoms with E-state index in [0.717, 1.165) is 10.0 Å². The molecule has 0 aliphatic carbocycles. The number of aromatic nitrogens is 1. The van der Waals surface area contributed by atoms with Crippen LogP contribution in [0.1, 0.15) is 15.9 Å². The summed E-state index contributed by atoms with van der Waals surface area (Å²) in [6, 6.07) is 25.0. The van der Waals surface area contributed by atoms with E-state index in [1.54, 1.807) is 36.4 Å². The smallest absolute Gasteiger partial charge is 0.339 e. The van der Waals surface area contributed by atoms with E-state index in [4.69, 9.17) is 10.00 Å². The maximum atomic E-state index is 12.9. The average molecular weight is 486 g/mol. The Labute approximate surface area is 192 Å². The van der Waals surface area contributed by atoms with E-state index in [1.165, 1.54) is 0 Å². The van der Waals surface area contributed by atoms with Crippen molar-refractivity contribution in [3.8, 4) is 17.3 Å². The van der Waals surface area contributed by atoms with Gasteiger partial charge in [0.25, 0.3) is 5.91 Å². The fraction of sp³-hybridized carbons (Fsp3) is 0.0400. The third-order valence-corrected chi connectivity index (χ3v) is 5.21. The highest BCUT2D eigenvalue weighted by molar-refractivity contribution is 9.10. The highest BCUT2D eigenvalue weighted by Gasteiger charge is 2.16. The lowest BCUT2D eigenvalue weighted by Gasteiger charge is -2.11. The lowest BCUT2D eigenvalue weighted by atomic mass is 10.0. The number of esters is 1. The summed E-state index contributed by atoms with van der Waals surface area (Å²) in [5.74, 6) is -1.12. The van der Waals surface area contributed by atoms with Gasteiger partial charge in [0.2, 0.25) is 0 Å². The van der Waals surface area contributed by atoms with Gasteiger partial charge in [-0.3, -0.25) is 4.79 Å². The minimum atomic E-state index is -0.622. The molecular weight excluding hydrogens is 470 g/mol. The number of amides is 1. The van der Waals surface area contributed by atoms with E-state index in [9.17, 15) is 9.59 Å². The van der Waals surface area contributed by atoms with Crippen molar-refractivity contribution < 1.29 is 14.3 Å². The molecule has 4 rings (SSSR count). The molecule has 1 amide bonds. The number of nitrogens with zero attached hydrogens (tertiary/aromatic N) is 2. The molecule has 0 aliphatic heterocycles. The predicted octanol–water partition coefficient (Wildman–Crippen LogP) is 5.33. The first-order valence-corrected chi connectivity index (χ1v) is 10.5. The van der Waals surface area contributed by atoms with Crippen molar-refractivity contribution in [1.82, 2.24) is 4.98 Å². The number of nitriles is 1. The minimum Gasteiger partial charge on any atom is -0.452 e. The van der Waals surface area contributed by atoms with E-state index in [-0.39, 0.29) is 0 Å². The van der Waals surface area contributed by atoms with Crippen LogP contribution in [-0.4, -0.2) is 23.5 Å². The van der Waals surface area contributed by atoms with Crippen molar-refractivity contribution in [3.05, 3.63) is 94.5 Å². The molecular formula is C25H16BrN3O3. The van der Waals surface area contributed by atoms with Gasteiger partial charge in [0.15, 0.2) is 6.61 Å². The molecule has 6 nitrogen and oxygen atoms in total. The van der Waals surface area contributed by atoms with Crippen LogP contribution in [0.5, 0.6) is 0 Å². The van der Waals surface area contributed by atoms with Crippen molar-refractivity contribution in [2.45, 2.75) is 0 Å². The first kappa shape index (κ1) is 21.2. The first-order valence-electron chi connectivity index (χ1n) is 9.66. The van der Waals surface area contributed by atoms with E-state index in [2.05, 4.69) is 26.2 Å². The molecule has 0 saturated heterocycles. The highest BCUT2D eigenvalue weighted by Crippen LogP contribution is 2.26. The zero-order valence-corrected chi connectivity index (χ0v) is 18.3. The van der Waals surface area contributed by atoms with Gasteiger partial charge in [0, 0.05) is 21.1 Å². The lowest BCUT2D eigenvalue weighted by molar-refractivity contribution is -0.119. The van der Waals surface area contributed by atoms with Crippen LogP contribution in [0.25, 0.3) is 22.2 Å². The molecule has 3 aromatic carbocycles. The highest BCUT2D eigenvalue weighted by atomic mass is 79.9. The van der Waals surface area contributed by atoms with E-state index in [1.807, 2.05) is 48.5 Å². The van der Waals surface area contributed by atoms with Crippen LogP contribution in [0.15, 0.2) is 83.3 Å². The van der Waals surface area contributed by atoms with Gasteiger partial charge in [-0.1, -0.05) is 52.3 Å². The molecule has 0 saturated carbocycles. The number of rotatable bonds is 5. The minimum absolute atomic E-state index is 0.327. The summed E-state index contributed by atoms with van der Waals surface area (Å²) in [7, 11) is 0. The third-order valence-electron chi connectivity index (χ3n) is 4.69. The summed E-state index contributed by atoms with van der Waals surface area (Å²) in [5.41, 5.74) is 3.33. The number of para-hydroxylation sites is 1. The number of hydrogen-bond donors (Lipinski definition) is 1. The number of carbonyl (C=O) groups excluding carboxylic acids is 2. The number of halogens is 1. The maximum Gasteiger partial charge on any atom is 0.339 e. The molecule has 1 heterocycles. The zero-order valence-electron chi connectivity index (χ0n) is 16.7. The molecule has 0 spiro atoms. The van der Waals surface area contributed by atoms with Crippen molar-refractivity contribution >= 4 is 44.4 Å². The lowest BCUT2D eigenvalue weighted by Crippen LogP contribution is -2.21. The topological polar surface area (TPSA) is 92.1 Å². The average Bonchev–Trinajstić information content (AvgIpc) is 2.82. The van der Waals surface area contributed by atoms with Gasteiger partial charge in [-0.2, -0.15) is 5.26 Å². The summed E-state index contributed by atoms with van der Waals surface area (Å²) in [6.07, 6.45) is 0. The second kappa shape index (κ2) is 9.41. The number of hydrogen-bond acceptors (Lipinski definition) is 5. The fourth-order valence-corrected chi connectivity index (χ4v) is 3.45. The van der Waals surface area contributed by atoms with Crippen LogP contribution in [0.3, 0.4) is 0 Å². The molecule has 7 heteroatoms. The number of benzene rings is 3. The fourth-order valence-electron chi connectivity index (χ4n) is 3.19. The largest absolute Gasteiger partial charge is 0.452 e. The molecule has 0 bridgehead atoms. The summed E-state index contributed by atoms with van der Waals surface area (Å²) in [5, 5.41) is 12.2. The third kappa shape index (κ3) is 4.82. The van der Waals surface area contributed by atoms with Crippen LogP contribution < -0.4 is 5.32 Å². The van der Waals surface area contributed by atoms with Crippen LogP contribution in [-0.2, 0) is 9.53 Å². The normalized spacial score (nSPS) is 10.4. The summed E-state index contributed by atoms with van der Waals surface area (Å²) < 4.78 is 6.22. The molecule has 0 aliphatic rings. The monoisotopic (exact) mass is 485 g/mol. The predicted molar refractivity (Wildman–Crippen MR) is 125 cm³/mol. The quantitative estimate of drug-likeness (QED) is 0.385. The maximum absolute atomic E-state index is 12.9. The van der Waals surface area contributed by atoms with E-state index < -0.39 is 18.5 Å². The molecule has 0 unspecified atom stereocenters. The van der Waals surface area contributed by atoms with Gasteiger partial charge >= 0.3 is 5.97 Å². The van der Waals surface area contributed by atoms with Gasteiger partial charge < -0.3 is 10.1 Å². The molecule has 1 aromatic heterocycles. The summed E-state index contributed by atoms with van der Waals surface area (Å²) >= 11 is 3.41. The Morgan fingerprint density at radius 1 is 1.00 bits per heavy atom. The molecule has 0 atom stereocenters. The Morgan fingerprint density at radius 2 is 1.78 bits per heavy atom. The Bertz CT molecular complexity index is 1360. The number of ether oxygens (including phenoxy) is 1. The van der Waals surface area contributed by atoms with Crippen molar-refractivity contribution in [2.24, 2.45) is 0 Å². The standard InChI is InChI=1S/C25H16BrN3O3/c26-18-10-8-17(9-11-18)23-13-21(20-6-1-2-7-22(20)29-23)25(31)32-15-24(30)28-19-5-3-4-16(12-19)14-27/h1-13H,15H2,(H,28,30). The van der Waals surface area contributed by atoms with Crippen molar-refractivity contribution in [1.29, 1.82) is 5.26 Å². The number of carbonyl (C=O) groups is 2. The zero-order chi connectivity index (χ0) is 22.5. The summed E-state index contributed by atoms with van der Waals surface area (Å²) in [6.45, 7) is -0.458. The van der Waals surface area contributed by atoms with Crippen LogP contribution >= 0.6 is 15.9 Å². The van der Waals surface area contributed by atoms with Gasteiger partial charge in [-0.25, -0.2) is 9.78 Å². The van der Waals surface area contributed by atoms with Gasteiger partial charge in [0.05, 0.1) is 28.4 Å². The number of anilines is 1. The Morgan fingerprint density at radius 3 is 2.56 bits per heavy atom. The number of fused-ring (bicyclic) bond motifs is 1. The van der Waals surface area contributed by atoms with E-state index >= 15 is 0 Å². The van der Waals surface area contributed by atoms with Gasteiger partial charge in [0.1, 0.15) is 0 Å². The summed E-state index contributed by atoms with van der Waals surface area (Å²) in [4.78, 5) is 29.8. The Balaban J connectivity index is 1.55. The number of nitrogens with one attached hydrogen (secondary N) is 1. The molecule has 4 aromatic rings. The molecule has 1 N–H and O–H groups in total. The first-order chi connectivity index (χ1) is 15.5. The van der Waals surface area contributed by atoms with Gasteiger partial charge in [-0.15, -0.1) is 0 Å². The molecule has 156 valence electrons. The molecule has 0 radical (unpaired) electrons. The van der Waals surface area contributed by atoms with Crippen LogP contribution in [0.4, 0.5) is 5.69 Å². The van der Waals surface area contributed by atoms with Crippen molar-refractivity contribution in [3.63, 3.8) is 0 Å². The Kier molecular flexibility index (Phi) is 6.24. The SMILES string of the molecule is N#Cc1cccc(NC(=O)COC(=O)c2cc(-c3ccc(Br)cc3)nc3ccccc23)c1. The number of pyridine rings is 1. The molecule has 0 fully saturated rings. The van der Waals surface area contributed by atoms with Crippen LogP contribution in [0.2, 0.25) is 0 Å². The van der Waals surface area contributed by atoms with Crippen molar-refractivity contribution in [2.75, 3.05) is 11.9 Å².